The maximum Gasteiger partial charge on any atom is 0.403 e. The minimum absolute atomic E-state index is 0.173. The summed E-state index contributed by atoms with van der Waals surface area (Å²) in [6.07, 6.45) is -4.81. The highest BCUT2D eigenvalue weighted by Gasteiger charge is 2.60. The molecule has 1 rings (SSSR count). The first kappa shape index (κ1) is 12.3. The molecule has 1 saturated heterocycles. The van der Waals surface area contributed by atoms with Crippen LogP contribution in [0.1, 0.15) is 12.8 Å². The van der Waals surface area contributed by atoms with Gasteiger partial charge in [-0.1, -0.05) is 0 Å². The summed E-state index contributed by atoms with van der Waals surface area (Å²) in [4.78, 5) is 12.7. The highest BCUT2D eigenvalue weighted by Crippen LogP contribution is 2.46. The molecule has 0 atom stereocenters. The molecule has 1 aliphatic heterocycles. The molecular formula is C9H15F3N2O. The van der Waals surface area contributed by atoms with Crippen LogP contribution in [0.15, 0.2) is 0 Å². The van der Waals surface area contributed by atoms with Gasteiger partial charge in [0.25, 0.3) is 0 Å². The summed E-state index contributed by atoms with van der Waals surface area (Å²) in [6, 6.07) is 0. The van der Waals surface area contributed by atoms with Crippen molar-refractivity contribution in [1.29, 1.82) is 0 Å². The molecule has 6 heteroatoms. The Hall–Kier alpha value is -0.780. The lowest BCUT2D eigenvalue weighted by Crippen LogP contribution is -2.55. The number of hydrogen-bond donors (Lipinski definition) is 1. The maximum atomic E-state index is 12.9. The number of rotatable bonds is 1. The Morgan fingerprint density at radius 1 is 1.27 bits per heavy atom. The zero-order chi connectivity index (χ0) is 11.7. The second-order valence-corrected chi connectivity index (χ2v) is 4.03. The molecule has 0 radical (unpaired) electrons. The Bertz CT molecular complexity index is 244. The van der Waals surface area contributed by atoms with Gasteiger partial charge in [0.2, 0.25) is 5.91 Å². The molecule has 1 amide bonds. The molecule has 1 aliphatic rings. The van der Waals surface area contributed by atoms with Crippen LogP contribution < -0.4 is 5.32 Å². The van der Waals surface area contributed by atoms with E-state index in [9.17, 15) is 18.0 Å². The third-order valence-electron chi connectivity index (χ3n) is 2.82. The van der Waals surface area contributed by atoms with Crippen molar-refractivity contribution < 1.29 is 18.0 Å². The Morgan fingerprint density at radius 2 is 1.73 bits per heavy atom. The predicted octanol–water partition coefficient (Wildman–Crippen LogP) is 1.01. The molecule has 1 heterocycles. The number of carbonyl (C=O) groups is 1. The van der Waals surface area contributed by atoms with E-state index in [4.69, 9.17) is 0 Å². The number of halogens is 3. The topological polar surface area (TPSA) is 32.3 Å². The van der Waals surface area contributed by atoms with Crippen LogP contribution in [0.2, 0.25) is 0 Å². The molecule has 3 nitrogen and oxygen atoms in total. The molecule has 1 fully saturated rings. The number of nitrogens with zero attached hydrogens (tertiary/aromatic N) is 1. The van der Waals surface area contributed by atoms with Crippen LogP contribution in [0.5, 0.6) is 0 Å². The lowest BCUT2D eigenvalue weighted by Gasteiger charge is -2.39. The van der Waals surface area contributed by atoms with Gasteiger partial charge >= 0.3 is 6.18 Å². The van der Waals surface area contributed by atoms with E-state index < -0.39 is 17.5 Å². The van der Waals surface area contributed by atoms with Gasteiger partial charge in [-0.3, -0.25) is 4.79 Å². The van der Waals surface area contributed by atoms with E-state index >= 15 is 0 Å². The highest BCUT2D eigenvalue weighted by molar-refractivity contribution is 5.83. The lowest BCUT2D eigenvalue weighted by molar-refractivity contribution is -0.232. The fraction of sp³-hybridized carbons (Fsp3) is 0.889. The summed E-state index contributed by atoms with van der Waals surface area (Å²) >= 11 is 0. The first-order valence-electron chi connectivity index (χ1n) is 4.80. The number of amides is 1. The fourth-order valence-corrected chi connectivity index (χ4v) is 1.90. The van der Waals surface area contributed by atoms with Crippen molar-refractivity contribution in [1.82, 2.24) is 10.2 Å². The molecule has 0 aliphatic carbocycles. The van der Waals surface area contributed by atoms with Gasteiger partial charge in [-0.05, 0) is 25.9 Å². The Balaban J connectivity index is 3.00. The Kier molecular flexibility index (Phi) is 3.28. The van der Waals surface area contributed by atoms with Crippen molar-refractivity contribution >= 4 is 5.91 Å². The number of piperidine rings is 1. The minimum Gasteiger partial charge on any atom is -0.348 e. The summed E-state index contributed by atoms with van der Waals surface area (Å²) in [5.74, 6) is -0.837. The molecule has 0 aromatic rings. The molecule has 0 saturated carbocycles. The zero-order valence-electron chi connectivity index (χ0n) is 8.82. The zero-order valence-corrected chi connectivity index (χ0v) is 8.82. The Labute approximate surface area is 86.6 Å². The van der Waals surface area contributed by atoms with Crippen LogP contribution in [0, 0.1) is 5.41 Å². The predicted molar refractivity (Wildman–Crippen MR) is 49.3 cm³/mol. The van der Waals surface area contributed by atoms with Crippen LogP contribution in [0.3, 0.4) is 0 Å². The summed E-state index contributed by atoms with van der Waals surface area (Å²) in [5.41, 5.74) is -2.18. The van der Waals surface area contributed by atoms with E-state index in [1.165, 1.54) is 14.1 Å². The molecule has 0 aromatic heterocycles. The van der Waals surface area contributed by atoms with Gasteiger partial charge in [-0.15, -0.1) is 0 Å². The van der Waals surface area contributed by atoms with Crippen LogP contribution in [0.4, 0.5) is 13.2 Å². The largest absolute Gasteiger partial charge is 0.403 e. The summed E-state index contributed by atoms with van der Waals surface area (Å²) < 4.78 is 38.8. The number of alkyl halides is 3. The van der Waals surface area contributed by atoms with E-state index in [-0.39, 0.29) is 25.9 Å². The quantitative estimate of drug-likeness (QED) is 0.721. The highest BCUT2D eigenvalue weighted by atomic mass is 19.4. The van der Waals surface area contributed by atoms with E-state index in [1.807, 2.05) is 0 Å². The van der Waals surface area contributed by atoms with Crippen molar-refractivity contribution in [2.24, 2.45) is 5.41 Å². The van der Waals surface area contributed by atoms with Crippen molar-refractivity contribution in [2.45, 2.75) is 19.0 Å². The maximum absolute atomic E-state index is 12.9. The van der Waals surface area contributed by atoms with Crippen LogP contribution >= 0.6 is 0 Å². The van der Waals surface area contributed by atoms with Crippen molar-refractivity contribution in [3.05, 3.63) is 0 Å². The molecule has 0 bridgehead atoms. The van der Waals surface area contributed by atoms with E-state index in [1.54, 1.807) is 0 Å². The monoisotopic (exact) mass is 224 g/mol. The van der Waals surface area contributed by atoms with E-state index in [2.05, 4.69) is 5.32 Å². The molecule has 0 unspecified atom stereocenters. The van der Waals surface area contributed by atoms with Gasteiger partial charge in [0.15, 0.2) is 0 Å². The normalized spacial score (nSPS) is 21.1. The van der Waals surface area contributed by atoms with Gasteiger partial charge < -0.3 is 10.2 Å². The molecule has 15 heavy (non-hydrogen) atoms. The smallest absolute Gasteiger partial charge is 0.348 e. The van der Waals surface area contributed by atoms with Gasteiger partial charge in [0.1, 0.15) is 5.41 Å². The number of nitrogens with one attached hydrogen (secondary N) is 1. The number of carbonyl (C=O) groups excluding carboxylic acids is 1. The van der Waals surface area contributed by atoms with Crippen molar-refractivity contribution in [3.63, 3.8) is 0 Å². The summed E-state index contributed by atoms with van der Waals surface area (Å²) in [7, 11) is 2.72. The molecule has 0 spiro atoms. The molecule has 88 valence electrons. The second kappa shape index (κ2) is 4.00. The van der Waals surface area contributed by atoms with E-state index in [0.717, 1.165) is 4.90 Å². The molecule has 0 aromatic carbocycles. The summed E-state index contributed by atoms with van der Waals surface area (Å²) in [5, 5.41) is 2.83. The van der Waals surface area contributed by atoms with Crippen LogP contribution in [-0.4, -0.2) is 44.2 Å². The lowest BCUT2D eigenvalue weighted by atomic mass is 9.77. The second-order valence-electron chi connectivity index (χ2n) is 4.03. The van der Waals surface area contributed by atoms with Gasteiger partial charge in [-0.2, -0.15) is 13.2 Å². The first-order chi connectivity index (χ1) is 6.81. The van der Waals surface area contributed by atoms with Gasteiger partial charge in [-0.25, -0.2) is 0 Å². The third-order valence-corrected chi connectivity index (χ3v) is 2.82. The minimum atomic E-state index is -4.46. The molecular weight excluding hydrogens is 209 g/mol. The van der Waals surface area contributed by atoms with Crippen LogP contribution in [0.25, 0.3) is 0 Å². The van der Waals surface area contributed by atoms with Crippen molar-refractivity contribution in [3.8, 4) is 0 Å². The first-order valence-corrected chi connectivity index (χ1v) is 4.80. The Morgan fingerprint density at radius 3 is 2.07 bits per heavy atom. The SMILES string of the molecule is CN(C)C(=O)C1(C(F)(F)F)CCNCC1. The number of hydrogen-bond acceptors (Lipinski definition) is 2. The van der Waals surface area contributed by atoms with Gasteiger partial charge in [0, 0.05) is 14.1 Å². The van der Waals surface area contributed by atoms with E-state index in [0.29, 0.717) is 0 Å². The van der Waals surface area contributed by atoms with Crippen LogP contribution in [-0.2, 0) is 4.79 Å². The van der Waals surface area contributed by atoms with Crippen molar-refractivity contribution in [2.75, 3.05) is 27.2 Å². The average molecular weight is 224 g/mol. The standard InChI is InChI=1S/C9H15F3N2O/c1-14(2)7(15)8(9(10,11)12)3-5-13-6-4-8/h13H,3-6H2,1-2H3. The molecule has 1 N–H and O–H groups in total. The average Bonchev–Trinajstić information content (AvgIpc) is 2.16. The summed E-state index contributed by atoms with van der Waals surface area (Å²) in [6.45, 7) is 0.470. The fourth-order valence-electron chi connectivity index (χ4n) is 1.90. The van der Waals surface area contributed by atoms with Gasteiger partial charge in [0.05, 0.1) is 0 Å². The third kappa shape index (κ3) is 2.09.